The highest BCUT2D eigenvalue weighted by Crippen LogP contribution is 2.22. The number of aromatic nitrogens is 3. The molecule has 0 amide bonds. The lowest BCUT2D eigenvalue weighted by Crippen LogP contribution is -2.12. The smallest absolute Gasteiger partial charge is 0.241 e. The van der Waals surface area contributed by atoms with Gasteiger partial charge in [-0.25, -0.2) is 5.84 Å². The van der Waals surface area contributed by atoms with Gasteiger partial charge in [0.25, 0.3) is 0 Å². The number of hydrazine groups is 1. The van der Waals surface area contributed by atoms with Crippen LogP contribution in [0.25, 0.3) is 0 Å². The number of nitrogens with two attached hydrogens (primary N) is 1. The zero-order chi connectivity index (χ0) is 9.14. The Bertz CT molecular complexity index is 277. The first kappa shape index (κ1) is 9.73. The van der Waals surface area contributed by atoms with Crippen molar-refractivity contribution in [3.8, 4) is 0 Å². The first-order chi connectivity index (χ1) is 5.63. The standard InChI is InChI=1S/C4H4Cl3N5/c5-1(6)2-9-3(7)11-4(10-2)12-8/h1H,8H2,(H,9,10,11,12). The minimum absolute atomic E-state index is 0.0146. The van der Waals surface area contributed by atoms with E-state index in [0.29, 0.717) is 0 Å². The fraction of sp³-hybridized carbons (Fsp3) is 0.250. The van der Waals surface area contributed by atoms with Crippen molar-refractivity contribution in [3.05, 3.63) is 11.1 Å². The maximum atomic E-state index is 5.50. The Morgan fingerprint density at radius 1 is 1.25 bits per heavy atom. The third-order valence-corrected chi connectivity index (χ3v) is 1.51. The number of alkyl halides is 2. The lowest BCUT2D eigenvalue weighted by atomic mass is 10.7. The predicted octanol–water partition coefficient (Wildman–Crippen LogP) is 1.29. The molecule has 66 valence electrons. The summed E-state index contributed by atoms with van der Waals surface area (Å²) < 4.78 is 0. The van der Waals surface area contributed by atoms with E-state index >= 15 is 0 Å². The summed E-state index contributed by atoms with van der Waals surface area (Å²) in [6.45, 7) is 0. The third-order valence-electron chi connectivity index (χ3n) is 0.950. The maximum absolute atomic E-state index is 5.50. The molecule has 0 fully saturated rings. The lowest BCUT2D eigenvalue weighted by molar-refractivity contribution is 0.943. The summed E-state index contributed by atoms with van der Waals surface area (Å²) in [6.07, 6.45) is 0. The van der Waals surface area contributed by atoms with Crippen molar-refractivity contribution in [2.75, 3.05) is 5.43 Å². The van der Waals surface area contributed by atoms with E-state index in [9.17, 15) is 0 Å². The maximum Gasteiger partial charge on any atom is 0.241 e. The van der Waals surface area contributed by atoms with Gasteiger partial charge in [-0.2, -0.15) is 15.0 Å². The van der Waals surface area contributed by atoms with E-state index in [1.54, 1.807) is 0 Å². The van der Waals surface area contributed by atoms with Gasteiger partial charge in [0.05, 0.1) is 0 Å². The highest BCUT2D eigenvalue weighted by Gasteiger charge is 2.10. The van der Waals surface area contributed by atoms with Gasteiger partial charge in [0.1, 0.15) is 0 Å². The second kappa shape index (κ2) is 4.04. The molecule has 1 heterocycles. The number of hydrogen-bond donors (Lipinski definition) is 2. The molecule has 0 aliphatic rings. The molecule has 0 aromatic carbocycles. The van der Waals surface area contributed by atoms with Crippen molar-refractivity contribution in [2.45, 2.75) is 4.84 Å². The van der Waals surface area contributed by atoms with E-state index in [1.165, 1.54) is 0 Å². The highest BCUT2D eigenvalue weighted by atomic mass is 35.5. The first-order valence-electron chi connectivity index (χ1n) is 2.79. The second-order valence-electron chi connectivity index (χ2n) is 1.73. The van der Waals surface area contributed by atoms with Gasteiger partial charge in [0.15, 0.2) is 10.7 Å². The number of halogens is 3. The average Bonchev–Trinajstić information content (AvgIpc) is 2.03. The summed E-state index contributed by atoms with van der Waals surface area (Å²) in [5.41, 5.74) is 2.20. The zero-order valence-corrected chi connectivity index (χ0v) is 7.90. The fourth-order valence-corrected chi connectivity index (χ4v) is 0.889. The SMILES string of the molecule is NNc1nc(Cl)nc(C(Cl)Cl)n1. The van der Waals surface area contributed by atoms with Crippen LogP contribution < -0.4 is 11.3 Å². The first-order valence-corrected chi connectivity index (χ1v) is 4.05. The Morgan fingerprint density at radius 3 is 2.42 bits per heavy atom. The van der Waals surface area contributed by atoms with Gasteiger partial charge < -0.3 is 0 Å². The minimum atomic E-state index is -0.849. The Kier molecular flexibility index (Phi) is 3.28. The largest absolute Gasteiger partial charge is 0.292 e. The van der Waals surface area contributed by atoms with Gasteiger partial charge in [-0.05, 0) is 11.6 Å². The van der Waals surface area contributed by atoms with Crippen LogP contribution in [-0.2, 0) is 0 Å². The monoisotopic (exact) mass is 227 g/mol. The number of nitrogen functional groups attached to an aromatic ring is 1. The predicted molar refractivity (Wildman–Crippen MR) is 47.1 cm³/mol. The van der Waals surface area contributed by atoms with Gasteiger partial charge >= 0.3 is 0 Å². The van der Waals surface area contributed by atoms with E-state index in [-0.39, 0.29) is 17.1 Å². The van der Waals surface area contributed by atoms with E-state index in [2.05, 4.69) is 20.4 Å². The Labute approximate surface area is 83.2 Å². The summed E-state index contributed by atoms with van der Waals surface area (Å²) in [7, 11) is 0. The Hall–Kier alpha value is -0.360. The Balaban J connectivity index is 3.06. The lowest BCUT2D eigenvalue weighted by Gasteiger charge is -2.02. The molecule has 0 spiro atoms. The van der Waals surface area contributed by atoms with Crippen LogP contribution >= 0.6 is 34.8 Å². The Morgan fingerprint density at radius 2 is 1.92 bits per heavy atom. The number of rotatable bonds is 2. The molecule has 8 heteroatoms. The zero-order valence-electron chi connectivity index (χ0n) is 5.63. The molecule has 1 aromatic heterocycles. The highest BCUT2D eigenvalue weighted by molar-refractivity contribution is 6.43. The molecule has 1 rings (SSSR count). The molecule has 0 aliphatic carbocycles. The van der Waals surface area contributed by atoms with E-state index in [1.807, 2.05) is 0 Å². The van der Waals surface area contributed by atoms with Crippen molar-refractivity contribution in [3.63, 3.8) is 0 Å². The molecule has 0 atom stereocenters. The molecule has 0 aliphatic heterocycles. The molecule has 0 radical (unpaired) electrons. The van der Waals surface area contributed by atoms with Gasteiger partial charge in [0.2, 0.25) is 11.2 Å². The molecule has 5 nitrogen and oxygen atoms in total. The molecule has 12 heavy (non-hydrogen) atoms. The summed E-state index contributed by atoms with van der Waals surface area (Å²) >= 11 is 16.5. The number of anilines is 1. The average molecular weight is 228 g/mol. The van der Waals surface area contributed by atoms with E-state index < -0.39 is 4.84 Å². The number of nitrogens with one attached hydrogen (secondary N) is 1. The molecular weight excluding hydrogens is 224 g/mol. The third kappa shape index (κ3) is 2.31. The summed E-state index contributed by atoms with van der Waals surface area (Å²) in [5.74, 6) is 5.32. The summed E-state index contributed by atoms with van der Waals surface area (Å²) in [6, 6.07) is 0. The van der Waals surface area contributed by atoms with Crippen LogP contribution in [-0.4, -0.2) is 15.0 Å². The molecule has 0 saturated heterocycles. The van der Waals surface area contributed by atoms with Gasteiger partial charge in [0, 0.05) is 0 Å². The molecule has 0 saturated carbocycles. The summed E-state index contributed by atoms with van der Waals surface area (Å²) in [5, 5.41) is -0.0146. The fourth-order valence-electron chi connectivity index (χ4n) is 0.528. The van der Waals surface area contributed by atoms with Gasteiger partial charge in [-0.3, -0.25) is 5.43 Å². The van der Waals surface area contributed by atoms with Crippen molar-refractivity contribution < 1.29 is 0 Å². The van der Waals surface area contributed by atoms with Gasteiger partial charge in [-0.15, -0.1) is 0 Å². The van der Waals surface area contributed by atoms with Crippen molar-refractivity contribution >= 4 is 40.8 Å². The molecular formula is C4H4Cl3N5. The molecule has 0 unspecified atom stereocenters. The van der Waals surface area contributed by atoms with Crippen LogP contribution in [0.3, 0.4) is 0 Å². The van der Waals surface area contributed by atoms with Crippen LogP contribution in [0.15, 0.2) is 0 Å². The topological polar surface area (TPSA) is 76.7 Å². The van der Waals surface area contributed by atoms with Crippen LogP contribution in [0.2, 0.25) is 5.28 Å². The molecule has 1 aromatic rings. The van der Waals surface area contributed by atoms with E-state index in [0.717, 1.165) is 0 Å². The van der Waals surface area contributed by atoms with Crippen LogP contribution in [0.5, 0.6) is 0 Å². The number of nitrogens with zero attached hydrogens (tertiary/aromatic N) is 3. The number of hydrogen-bond acceptors (Lipinski definition) is 5. The van der Waals surface area contributed by atoms with E-state index in [4.69, 9.17) is 40.6 Å². The quantitative estimate of drug-likeness (QED) is 0.453. The minimum Gasteiger partial charge on any atom is -0.292 e. The summed E-state index contributed by atoms with van der Waals surface area (Å²) in [4.78, 5) is 10.2. The van der Waals surface area contributed by atoms with Crippen molar-refractivity contribution in [2.24, 2.45) is 5.84 Å². The second-order valence-corrected chi connectivity index (χ2v) is 3.17. The van der Waals surface area contributed by atoms with Crippen LogP contribution in [0.1, 0.15) is 10.7 Å². The van der Waals surface area contributed by atoms with Crippen molar-refractivity contribution in [1.29, 1.82) is 0 Å². The van der Waals surface area contributed by atoms with Crippen molar-refractivity contribution in [1.82, 2.24) is 15.0 Å². The van der Waals surface area contributed by atoms with Gasteiger partial charge in [-0.1, -0.05) is 23.2 Å². The molecule has 3 N–H and O–H groups in total. The normalized spacial score (nSPS) is 10.4. The van der Waals surface area contributed by atoms with Crippen LogP contribution in [0, 0.1) is 0 Å². The van der Waals surface area contributed by atoms with Crippen LogP contribution in [0.4, 0.5) is 5.95 Å². The molecule has 0 bridgehead atoms.